The first kappa shape index (κ1) is 18.0. The molecule has 25 heavy (non-hydrogen) atoms. The van der Waals surface area contributed by atoms with E-state index in [4.69, 9.17) is 4.74 Å². The molecule has 0 saturated heterocycles. The third kappa shape index (κ3) is 3.34. The number of hydrogen-bond acceptors (Lipinski definition) is 1. The number of rotatable bonds is 2. The molecule has 2 aromatic carbocycles. The van der Waals surface area contributed by atoms with Gasteiger partial charge in [0.1, 0.15) is 5.75 Å². The quantitative estimate of drug-likeness (QED) is 0.619. The third-order valence-electron chi connectivity index (χ3n) is 5.37. The Morgan fingerprint density at radius 1 is 0.920 bits per heavy atom. The number of ether oxygens (including phenoxy) is 1. The van der Waals surface area contributed by atoms with E-state index in [1.165, 1.54) is 27.8 Å². The molecule has 3 rings (SSSR count). The summed E-state index contributed by atoms with van der Waals surface area (Å²) in [6.07, 6.45) is 1.06. The molecule has 2 aromatic rings. The van der Waals surface area contributed by atoms with Crippen molar-refractivity contribution in [3.05, 3.63) is 64.2 Å². The molecule has 134 valence electrons. The Hall–Kier alpha value is -1.76. The Balaban J connectivity index is 2.21. The minimum Gasteiger partial charge on any atom is -0.492 e. The lowest BCUT2D eigenvalue weighted by molar-refractivity contribution is 0.334. The van der Waals surface area contributed by atoms with Crippen LogP contribution in [-0.4, -0.2) is 6.61 Å². The highest BCUT2D eigenvalue weighted by Gasteiger charge is 2.34. The zero-order valence-corrected chi connectivity index (χ0v) is 16.9. The maximum absolute atomic E-state index is 6.29. The van der Waals surface area contributed by atoms with Gasteiger partial charge in [-0.25, -0.2) is 0 Å². The van der Waals surface area contributed by atoms with Gasteiger partial charge < -0.3 is 4.74 Å². The topological polar surface area (TPSA) is 9.23 Å². The van der Waals surface area contributed by atoms with Gasteiger partial charge in [0.2, 0.25) is 0 Å². The summed E-state index contributed by atoms with van der Waals surface area (Å²) in [5.41, 5.74) is 7.18. The Bertz CT molecular complexity index is 772. The molecular formula is C24H32O. The van der Waals surface area contributed by atoms with Gasteiger partial charge in [-0.1, -0.05) is 84.9 Å². The van der Waals surface area contributed by atoms with Crippen molar-refractivity contribution in [1.29, 1.82) is 0 Å². The van der Waals surface area contributed by atoms with E-state index in [2.05, 4.69) is 84.9 Å². The SMILES string of the molecule is CCc1ccccc1C1COc2c1cc(C(C)(C)C)cc2C(C)(C)C. The molecule has 1 aliphatic rings. The van der Waals surface area contributed by atoms with Crippen molar-refractivity contribution in [2.75, 3.05) is 6.61 Å². The molecule has 0 spiro atoms. The van der Waals surface area contributed by atoms with E-state index >= 15 is 0 Å². The number of hydrogen-bond donors (Lipinski definition) is 0. The highest BCUT2D eigenvalue weighted by Crippen LogP contribution is 2.47. The van der Waals surface area contributed by atoms with Crippen molar-refractivity contribution < 1.29 is 4.74 Å². The molecule has 0 N–H and O–H groups in total. The van der Waals surface area contributed by atoms with Gasteiger partial charge in [0.25, 0.3) is 0 Å². The van der Waals surface area contributed by atoms with Gasteiger partial charge in [0.15, 0.2) is 0 Å². The van der Waals surface area contributed by atoms with E-state index in [1.54, 1.807) is 0 Å². The van der Waals surface area contributed by atoms with Crippen LogP contribution in [0.25, 0.3) is 0 Å². The molecule has 1 nitrogen and oxygen atoms in total. The van der Waals surface area contributed by atoms with Crippen LogP contribution in [-0.2, 0) is 17.3 Å². The first-order chi connectivity index (χ1) is 11.6. The summed E-state index contributed by atoms with van der Waals surface area (Å²) in [6.45, 7) is 16.7. The molecule has 1 aliphatic heterocycles. The number of benzene rings is 2. The van der Waals surface area contributed by atoms with Gasteiger partial charge in [-0.3, -0.25) is 0 Å². The Morgan fingerprint density at radius 3 is 2.20 bits per heavy atom. The molecule has 1 heteroatoms. The first-order valence-electron chi connectivity index (χ1n) is 9.52. The zero-order chi connectivity index (χ0) is 18.4. The molecule has 0 bridgehead atoms. The third-order valence-corrected chi connectivity index (χ3v) is 5.37. The smallest absolute Gasteiger partial charge is 0.127 e. The summed E-state index contributed by atoms with van der Waals surface area (Å²) in [7, 11) is 0. The Labute approximate surface area is 153 Å². The first-order valence-corrected chi connectivity index (χ1v) is 9.52. The van der Waals surface area contributed by atoms with Gasteiger partial charge >= 0.3 is 0 Å². The fourth-order valence-corrected chi connectivity index (χ4v) is 3.77. The van der Waals surface area contributed by atoms with Crippen LogP contribution in [0.2, 0.25) is 0 Å². The van der Waals surface area contributed by atoms with Crippen molar-refractivity contribution in [2.45, 2.75) is 71.6 Å². The van der Waals surface area contributed by atoms with Crippen molar-refractivity contribution in [3.63, 3.8) is 0 Å². The molecule has 0 amide bonds. The molecule has 0 aliphatic carbocycles. The lowest BCUT2D eigenvalue weighted by atomic mass is 9.77. The molecular weight excluding hydrogens is 304 g/mol. The van der Waals surface area contributed by atoms with E-state index in [1.807, 2.05) is 0 Å². The predicted octanol–water partition coefficient (Wildman–Crippen LogP) is 6.37. The van der Waals surface area contributed by atoms with Gasteiger partial charge in [0.05, 0.1) is 6.61 Å². The Morgan fingerprint density at radius 2 is 1.60 bits per heavy atom. The minimum absolute atomic E-state index is 0.0739. The predicted molar refractivity (Wildman–Crippen MR) is 107 cm³/mol. The summed E-state index contributed by atoms with van der Waals surface area (Å²) >= 11 is 0. The van der Waals surface area contributed by atoms with Crippen LogP contribution in [0.4, 0.5) is 0 Å². The fraction of sp³-hybridized carbons (Fsp3) is 0.500. The number of fused-ring (bicyclic) bond motifs is 1. The van der Waals surface area contributed by atoms with Gasteiger partial charge in [-0.15, -0.1) is 0 Å². The van der Waals surface area contributed by atoms with E-state index in [-0.39, 0.29) is 10.8 Å². The maximum atomic E-state index is 6.29. The van der Waals surface area contributed by atoms with Crippen molar-refractivity contribution >= 4 is 0 Å². The standard InChI is InChI=1S/C24H32O/c1-8-16-11-9-10-12-18(16)20-15-25-22-19(20)13-17(23(2,3)4)14-21(22)24(5,6)7/h9-14,20H,8,15H2,1-7H3. The van der Waals surface area contributed by atoms with Gasteiger partial charge in [0, 0.05) is 17.0 Å². The summed E-state index contributed by atoms with van der Waals surface area (Å²) in [5.74, 6) is 1.46. The molecule has 0 saturated carbocycles. The largest absolute Gasteiger partial charge is 0.492 e. The lowest BCUT2D eigenvalue weighted by Crippen LogP contribution is -2.17. The highest BCUT2D eigenvalue weighted by molar-refractivity contribution is 5.56. The second kappa shape index (κ2) is 6.20. The van der Waals surface area contributed by atoms with E-state index in [0.717, 1.165) is 18.8 Å². The van der Waals surface area contributed by atoms with Crippen molar-refractivity contribution in [1.82, 2.24) is 0 Å². The summed E-state index contributed by atoms with van der Waals surface area (Å²) in [5, 5.41) is 0. The van der Waals surface area contributed by atoms with E-state index in [0.29, 0.717) is 5.92 Å². The normalized spacial score (nSPS) is 17.3. The van der Waals surface area contributed by atoms with Crippen LogP contribution in [0.15, 0.2) is 36.4 Å². The number of aryl methyl sites for hydroxylation is 1. The molecule has 1 heterocycles. The molecule has 0 radical (unpaired) electrons. The van der Waals surface area contributed by atoms with E-state index < -0.39 is 0 Å². The summed E-state index contributed by atoms with van der Waals surface area (Å²) < 4.78 is 6.29. The lowest BCUT2D eigenvalue weighted by Gasteiger charge is -2.27. The second-order valence-electron chi connectivity index (χ2n) is 9.36. The Kier molecular flexibility index (Phi) is 4.47. The zero-order valence-electron chi connectivity index (χ0n) is 16.9. The van der Waals surface area contributed by atoms with Crippen LogP contribution in [0.5, 0.6) is 5.75 Å². The van der Waals surface area contributed by atoms with Crippen LogP contribution >= 0.6 is 0 Å². The average Bonchev–Trinajstić information content (AvgIpc) is 2.95. The summed E-state index contributed by atoms with van der Waals surface area (Å²) in [6, 6.07) is 13.6. The van der Waals surface area contributed by atoms with Crippen LogP contribution < -0.4 is 4.74 Å². The summed E-state index contributed by atoms with van der Waals surface area (Å²) in [4.78, 5) is 0. The maximum Gasteiger partial charge on any atom is 0.127 e. The van der Waals surface area contributed by atoms with Crippen molar-refractivity contribution in [3.8, 4) is 5.75 Å². The second-order valence-corrected chi connectivity index (χ2v) is 9.36. The van der Waals surface area contributed by atoms with Crippen LogP contribution in [0.3, 0.4) is 0 Å². The monoisotopic (exact) mass is 336 g/mol. The molecule has 0 fully saturated rings. The fourth-order valence-electron chi connectivity index (χ4n) is 3.77. The molecule has 1 unspecified atom stereocenters. The van der Waals surface area contributed by atoms with Crippen LogP contribution in [0, 0.1) is 0 Å². The van der Waals surface area contributed by atoms with Gasteiger partial charge in [-0.05, 0) is 33.9 Å². The molecule has 1 atom stereocenters. The van der Waals surface area contributed by atoms with Crippen LogP contribution in [0.1, 0.15) is 82.2 Å². The van der Waals surface area contributed by atoms with E-state index in [9.17, 15) is 0 Å². The van der Waals surface area contributed by atoms with Gasteiger partial charge in [-0.2, -0.15) is 0 Å². The minimum atomic E-state index is 0.0739. The average molecular weight is 337 g/mol. The highest BCUT2D eigenvalue weighted by atomic mass is 16.5. The van der Waals surface area contributed by atoms with Crippen molar-refractivity contribution in [2.24, 2.45) is 0 Å². The molecule has 0 aromatic heterocycles.